The van der Waals surface area contributed by atoms with E-state index in [1.165, 1.54) is 4.57 Å². The fraction of sp³-hybridized carbons (Fsp3) is 0.290. The molecule has 1 unspecified atom stereocenters. The summed E-state index contributed by atoms with van der Waals surface area (Å²) in [6, 6.07) is 19.8. The Morgan fingerprint density at radius 2 is 1.68 bits per heavy atom. The van der Waals surface area contributed by atoms with E-state index in [0.29, 0.717) is 45.8 Å². The number of benzene rings is 3. The van der Waals surface area contributed by atoms with Crippen LogP contribution >= 0.6 is 0 Å². The van der Waals surface area contributed by atoms with Crippen molar-refractivity contribution >= 4 is 28.6 Å². The number of methoxy groups -OCH3 is 2. The van der Waals surface area contributed by atoms with Gasteiger partial charge in [0.1, 0.15) is 11.6 Å². The highest BCUT2D eigenvalue weighted by atomic mass is 16.5. The topological polar surface area (TPSA) is 112 Å². The van der Waals surface area contributed by atoms with Crippen LogP contribution in [0.2, 0.25) is 0 Å². The highest BCUT2D eigenvalue weighted by molar-refractivity contribution is 5.92. The molecule has 41 heavy (non-hydrogen) atoms. The summed E-state index contributed by atoms with van der Waals surface area (Å²) in [6.07, 6.45) is 0.457. The molecular formula is C31H34N4O6. The molecule has 2 amide bonds. The van der Waals surface area contributed by atoms with Gasteiger partial charge in [0.2, 0.25) is 0 Å². The van der Waals surface area contributed by atoms with E-state index in [2.05, 4.69) is 5.32 Å². The standard InChI is InChI=1S/C31H34N4O6/c1-5-25(34(19-20-39-3)31(38)32-22-17-15-21(16-18-22)30(37)41-6-2)28-33-24-12-8-7-11-23(24)29(36)35(28)26-13-9-10-14-27(26)40-4/h7-18,25H,5-6,19-20H2,1-4H3,(H,32,38). The molecule has 0 saturated carbocycles. The lowest BCUT2D eigenvalue weighted by Crippen LogP contribution is -2.42. The number of anilines is 1. The van der Waals surface area contributed by atoms with Gasteiger partial charge in [-0.1, -0.05) is 31.2 Å². The highest BCUT2D eigenvalue weighted by Gasteiger charge is 2.30. The van der Waals surface area contributed by atoms with Gasteiger partial charge in [0, 0.05) is 19.3 Å². The lowest BCUT2D eigenvalue weighted by molar-refractivity contribution is 0.0526. The van der Waals surface area contributed by atoms with Crippen LogP contribution in [0.25, 0.3) is 16.6 Å². The molecule has 0 saturated heterocycles. The zero-order valence-corrected chi connectivity index (χ0v) is 23.6. The number of para-hydroxylation sites is 3. The molecular weight excluding hydrogens is 524 g/mol. The zero-order chi connectivity index (χ0) is 29.4. The van der Waals surface area contributed by atoms with Crippen molar-refractivity contribution in [2.45, 2.75) is 26.3 Å². The van der Waals surface area contributed by atoms with Gasteiger partial charge in [-0.3, -0.25) is 9.36 Å². The Morgan fingerprint density at radius 3 is 2.37 bits per heavy atom. The number of esters is 1. The molecule has 1 atom stereocenters. The average molecular weight is 559 g/mol. The first kappa shape index (κ1) is 29.3. The van der Waals surface area contributed by atoms with Gasteiger partial charge >= 0.3 is 12.0 Å². The maximum absolute atomic E-state index is 14.0. The van der Waals surface area contributed by atoms with Gasteiger partial charge in [0.25, 0.3) is 5.56 Å². The fourth-order valence-corrected chi connectivity index (χ4v) is 4.65. The van der Waals surface area contributed by atoms with Crippen molar-refractivity contribution in [3.63, 3.8) is 0 Å². The molecule has 0 fully saturated rings. The van der Waals surface area contributed by atoms with E-state index in [1.54, 1.807) is 80.6 Å². The third-order valence-corrected chi connectivity index (χ3v) is 6.63. The minimum absolute atomic E-state index is 0.233. The number of rotatable bonds is 11. The Balaban J connectivity index is 1.80. The molecule has 1 N–H and O–H groups in total. The summed E-state index contributed by atoms with van der Waals surface area (Å²) in [4.78, 5) is 46.3. The number of fused-ring (bicyclic) bond motifs is 1. The number of nitrogens with one attached hydrogen (secondary N) is 1. The molecule has 4 aromatic rings. The molecule has 4 rings (SSSR count). The van der Waals surface area contributed by atoms with E-state index in [9.17, 15) is 14.4 Å². The van der Waals surface area contributed by atoms with Gasteiger partial charge in [-0.2, -0.15) is 0 Å². The van der Waals surface area contributed by atoms with Crippen LogP contribution in [0.15, 0.2) is 77.6 Å². The number of nitrogens with zero attached hydrogens (tertiary/aromatic N) is 3. The first-order chi connectivity index (χ1) is 19.9. The Labute approximate surface area is 238 Å². The molecule has 0 aliphatic carbocycles. The molecule has 1 heterocycles. The Kier molecular flexibility index (Phi) is 9.70. The molecule has 0 bridgehead atoms. The summed E-state index contributed by atoms with van der Waals surface area (Å²) in [5.41, 5.74) is 1.66. The maximum Gasteiger partial charge on any atom is 0.338 e. The van der Waals surface area contributed by atoms with Gasteiger partial charge in [0.05, 0.1) is 48.5 Å². The van der Waals surface area contributed by atoms with Crippen molar-refractivity contribution in [2.24, 2.45) is 0 Å². The highest BCUT2D eigenvalue weighted by Crippen LogP contribution is 2.30. The lowest BCUT2D eigenvalue weighted by atomic mass is 10.1. The summed E-state index contributed by atoms with van der Waals surface area (Å²) in [6.45, 7) is 4.43. The average Bonchev–Trinajstić information content (AvgIpc) is 2.99. The number of carbonyl (C=O) groups excluding carboxylic acids is 2. The summed E-state index contributed by atoms with van der Waals surface area (Å²) >= 11 is 0. The van der Waals surface area contributed by atoms with E-state index in [4.69, 9.17) is 19.2 Å². The SMILES string of the molecule is CCOC(=O)c1ccc(NC(=O)N(CCOC)C(CC)c2nc3ccccc3c(=O)n2-c2ccccc2OC)cc1. The summed E-state index contributed by atoms with van der Waals surface area (Å²) in [5, 5.41) is 3.36. The largest absolute Gasteiger partial charge is 0.495 e. The zero-order valence-electron chi connectivity index (χ0n) is 23.6. The van der Waals surface area contributed by atoms with E-state index < -0.39 is 18.0 Å². The van der Waals surface area contributed by atoms with Crippen LogP contribution in [-0.4, -0.2) is 60.4 Å². The van der Waals surface area contributed by atoms with Crippen LogP contribution in [0.4, 0.5) is 10.5 Å². The van der Waals surface area contributed by atoms with E-state index in [1.807, 2.05) is 25.1 Å². The Morgan fingerprint density at radius 1 is 0.976 bits per heavy atom. The van der Waals surface area contributed by atoms with Crippen molar-refractivity contribution in [3.8, 4) is 11.4 Å². The first-order valence-electron chi connectivity index (χ1n) is 13.4. The molecule has 3 aromatic carbocycles. The van der Waals surface area contributed by atoms with Gasteiger partial charge in [-0.25, -0.2) is 14.6 Å². The smallest absolute Gasteiger partial charge is 0.338 e. The van der Waals surface area contributed by atoms with E-state index in [0.717, 1.165) is 0 Å². The van der Waals surface area contributed by atoms with E-state index in [-0.39, 0.29) is 25.3 Å². The Bertz CT molecular complexity index is 1570. The normalized spacial score (nSPS) is 11.6. The van der Waals surface area contributed by atoms with Crippen molar-refractivity contribution in [1.29, 1.82) is 0 Å². The van der Waals surface area contributed by atoms with Crippen LogP contribution in [0.1, 0.15) is 42.5 Å². The second-order valence-electron chi connectivity index (χ2n) is 9.14. The number of aromatic nitrogens is 2. The number of carbonyl (C=O) groups is 2. The third kappa shape index (κ3) is 6.38. The predicted molar refractivity (Wildman–Crippen MR) is 157 cm³/mol. The number of amides is 2. The molecule has 0 aliphatic heterocycles. The molecule has 10 heteroatoms. The van der Waals surface area contributed by atoms with Crippen LogP contribution in [0.5, 0.6) is 5.75 Å². The molecule has 1 aromatic heterocycles. The lowest BCUT2D eigenvalue weighted by Gasteiger charge is -2.32. The minimum Gasteiger partial charge on any atom is -0.495 e. The van der Waals surface area contributed by atoms with Gasteiger partial charge in [-0.15, -0.1) is 0 Å². The third-order valence-electron chi connectivity index (χ3n) is 6.63. The van der Waals surface area contributed by atoms with Crippen molar-refractivity contribution in [2.75, 3.05) is 39.3 Å². The van der Waals surface area contributed by atoms with Crippen molar-refractivity contribution in [1.82, 2.24) is 14.5 Å². The monoisotopic (exact) mass is 558 g/mol. The van der Waals surface area contributed by atoms with Crippen LogP contribution in [0.3, 0.4) is 0 Å². The number of hydrogen-bond acceptors (Lipinski definition) is 7. The van der Waals surface area contributed by atoms with E-state index >= 15 is 0 Å². The molecule has 10 nitrogen and oxygen atoms in total. The second-order valence-corrected chi connectivity index (χ2v) is 9.14. The fourth-order valence-electron chi connectivity index (χ4n) is 4.65. The second kappa shape index (κ2) is 13.6. The quantitative estimate of drug-likeness (QED) is 0.252. The van der Waals surface area contributed by atoms with Gasteiger partial charge in [0.15, 0.2) is 0 Å². The van der Waals surface area contributed by atoms with Gasteiger partial charge in [-0.05, 0) is 61.9 Å². The number of ether oxygens (including phenoxy) is 3. The van der Waals surface area contributed by atoms with Crippen LogP contribution in [0, 0.1) is 0 Å². The Hall–Kier alpha value is -4.70. The van der Waals surface area contributed by atoms with Crippen molar-refractivity contribution in [3.05, 3.63) is 94.5 Å². The molecule has 214 valence electrons. The van der Waals surface area contributed by atoms with Crippen molar-refractivity contribution < 1.29 is 23.8 Å². The predicted octanol–water partition coefficient (Wildman–Crippen LogP) is 5.20. The summed E-state index contributed by atoms with van der Waals surface area (Å²) in [7, 11) is 3.10. The van der Waals surface area contributed by atoms with Crippen LogP contribution in [-0.2, 0) is 9.47 Å². The number of urea groups is 1. The first-order valence-corrected chi connectivity index (χ1v) is 13.4. The number of hydrogen-bond donors (Lipinski definition) is 1. The summed E-state index contributed by atoms with van der Waals surface area (Å²) in [5.74, 6) is 0.455. The molecule has 0 radical (unpaired) electrons. The van der Waals surface area contributed by atoms with Crippen LogP contribution < -0.4 is 15.6 Å². The molecule has 0 spiro atoms. The summed E-state index contributed by atoms with van der Waals surface area (Å²) < 4.78 is 17.5. The maximum atomic E-state index is 14.0. The van der Waals surface area contributed by atoms with Gasteiger partial charge < -0.3 is 24.4 Å². The minimum atomic E-state index is -0.605. The molecule has 0 aliphatic rings.